The van der Waals surface area contributed by atoms with Gasteiger partial charge < -0.3 is 25.2 Å². The quantitative estimate of drug-likeness (QED) is 0.596. The third-order valence-electron chi connectivity index (χ3n) is 6.28. The van der Waals surface area contributed by atoms with Crippen LogP contribution in [0.5, 0.6) is 0 Å². The lowest BCUT2D eigenvalue weighted by molar-refractivity contribution is 0.0992. The molecule has 6 nitrogen and oxygen atoms in total. The summed E-state index contributed by atoms with van der Waals surface area (Å²) < 4.78 is 20.6. The number of hydrogen-bond donors (Lipinski definition) is 2. The summed E-state index contributed by atoms with van der Waals surface area (Å²) in [6.45, 7) is 7.52. The molecule has 3 fully saturated rings. The third kappa shape index (κ3) is 4.25. The Kier molecular flexibility index (Phi) is 6.01. The van der Waals surface area contributed by atoms with Crippen LogP contribution in [-0.4, -0.2) is 68.9 Å². The number of rotatable bonds is 5. The lowest BCUT2D eigenvalue weighted by Crippen LogP contribution is -2.47. The Morgan fingerprint density at radius 3 is 2.68 bits per heavy atom. The van der Waals surface area contributed by atoms with Crippen LogP contribution in [0.25, 0.3) is 0 Å². The van der Waals surface area contributed by atoms with Crippen LogP contribution in [0, 0.1) is 5.82 Å². The molecule has 7 heteroatoms. The molecule has 0 radical (unpaired) electrons. The number of nitrogens with zero attached hydrogens (tertiary/aromatic N) is 3. The van der Waals surface area contributed by atoms with Crippen molar-refractivity contribution in [3.05, 3.63) is 29.6 Å². The third-order valence-corrected chi connectivity index (χ3v) is 6.28. The van der Waals surface area contributed by atoms with Gasteiger partial charge in [-0.15, -0.1) is 0 Å². The average molecular weight is 390 g/mol. The highest BCUT2D eigenvalue weighted by Crippen LogP contribution is 2.34. The van der Waals surface area contributed by atoms with E-state index in [1.54, 1.807) is 13.1 Å². The molecular weight excluding hydrogens is 357 g/mol. The summed E-state index contributed by atoms with van der Waals surface area (Å²) in [5.74, 6) is 0.606. The van der Waals surface area contributed by atoms with Gasteiger partial charge in [-0.05, 0) is 43.5 Å². The van der Waals surface area contributed by atoms with Crippen LogP contribution in [-0.2, 0) is 11.3 Å². The lowest BCUT2D eigenvalue weighted by atomic mass is 9.96. The molecule has 3 atom stereocenters. The number of benzene rings is 1. The number of ether oxygens (including phenoxy) is 1. The van der Waals surface area contributed by atoms with E-state index in [1.165, 1.54) is 6.42 Å². The number of aliphatic imine (C=N–C) groups is 1. The van der Waals surface area contributed by atoms with Crippen LogP contribution in [0.1, 0.15) is 31.7 Å². The molecule has 3 heterocycles. The van der Waals surface area contributed by atoms with Crippen molar-refractivity contribution >= 4 is 11.6 Å². The summed E-state index contributed by atoms with van der Waals surface area (Å²) in [5.41, 5.74) is 1.63. The second kappa shape index (κ2) is 8.66. The molecule has 28 heavy (non-hydrogen) atoms. The molecule has 0 saturated carbocycles. The van der Waals surface area contributed by atoms with Crippen LogP contribution >= 0.6 is 0 Å². The van der Waals surface area contributed by atoms with Crippen molar-refractivity contribution in [1.82, 2.24) is 15.5 Å². The Bertz CT molecular complexity index is 704. The van der Waals surface area contributed by atoms with Crippen molar-refractivity contribution in [3.8, 4) is 0 Å². The number of hydrogen-bond acceptors (Lipinski definition) is 4. The molecule has 154 valence electrons. The second-order valence-corrected chi connectivity index (χ2v) is 7.99. The zero-order chi connectivity index (χ0) is 19.5. The van der Waals surface area contributed by atoms with E-state index in [-0.39, 0.29) is 5.82 Å². The molecule has 4 rings (SSSR count). The lowest BCUT2D eigenvalue weighted by Gasteiger charge is -2.35. The number of piperazine rings is 1. The summed E-state index contributed by atoms with van der Waals surface area (Å²) in [4.78, 5) is 8.85. The van der Waals surface area contributed by atoms with Crippen molar-refractivity contribution in [1.29, 1.82) is 0 Å². The standard InChI is InChI=1S/C21H32FN5O/c1-3-26-8-10-27(11-9-26)19-6-4-15(12-17(19)22)14-24-21(23-2)25-18-13-16-5-7-20(18)28-16/h4,6,12,16,18,20H,3,5,7-11,13-14H2,1-2H3,(H2,23,24,25). The smallest absolute Gasteiger partial charge is 0.191 e. The van der Waals surface area contributed by atoms with E-state index in [0.717, 1.165) is 57.1 Å². The maximum Gasteiger partial charge on any atom is 0.191 e. The first-order valence-electron chi connectivity index (χ1n) is 10.5. The summed E-state index contributed by atoms with van der Waals surface area (Å²) in [7, 11) is 1.77. The van der Waals surface area contributed by atoms with Gasteiger partial charge in [0.2, 0.25) is 0 Å². The van der Waals surface area contributed by atoms with Gasteiger partial charge in [0.25, 0.3) is 0 Å². The number of halogens is 1. The highest BCUT2D eigenvalue weighted by molar-refractivity contribution is 5.80. The van der Waals surface area contributed by atoms with Gasteiger partial charge in [-0.1, -0.05) is 13.0 Å². The van der Waals surface area contributed by atoms with Crippen LogP contribution in [0.2, 0.25) is 0 Å². The predicted molar refractivity (Wildman–Crippen MR) is 110 cm³/mol. The fourth-order valence-electron chi connectivity index (χ4n) is 4.57. The van der Waals surface area contributed by atoms with Gasteiger partial charge in [0.05, 0.1) is 23.9 Å². The summed E-state index contributed by atoms with van der Waals surface area (Å²) >= 11 is 0. The molecule has 0 aromatic heterocycles. The van der Waals surface area contributed by atoms with Crippen LogP contribution in [0.4, 0.5) is 10.1 Å². The number of nitrogens with one attached hydrogen (secondary N) is 2. The van der Waals surface area contributed by atoms with Gasteiger partial charge in [0.1, 0.15) is 5.82 Å². The average Bonchev–Trinajstić information content (AvgIpc) is 3.34. The van der Waals surface area contributed by atoms with E-state index in [0.29, 0.717) is 30.5 Å². The molecular formula is C21H32FN5O. The molecule has 1 aromatic rings. The van der Waals surface area contributed by atoms with Gasteiger partial charge in [0, 0.05) is 39.8 Å². The molecule has 2 bridgehead atoms. The van der Waals surface area contributed by atoms with Gasteiger partial charge in [-0.25, -0.2) is 4.39 Å². The minimum absolute atomic E-state index is 0.145. The van der Waals surface area contributed by atoms with Crippen molar-refractivity contribution in [2.75, 3.05) is 44.7 Å². The Labute approximate surface area is 167 Å². The van der Waals surface area contributed by atoms with Gasteiger partial charge in [-0.3, -0.25) is 4.99 Å². The molecule has 3 saturated heterocycles. The van der Waals surface area contributed by atoms with Crippen LogP contribution < -0.4 is 15.5 Å². The van der Waals surface area contributed by atoms with Gasteiger partial charge in [-0.2, -0.15) is 0 Å². The number of likely N-dealkylation sites (N-methyl/N-ethyl adjacent to an activating group) is 1. The van der Waals surface area contributed by atoms with Crippen molar-refractivity contribution < 1.29 is 9.13 Å². The highest BCUT2D eigenvalue weighted by atomic mass is 19.1. The monoisotopic (exact) mass is 389 g/mol. The van der Waals surface area contributed by atoms with E-state index in [1.807, 2.05) is 12.1 Å². The zero-order valence-electron chi connectivity index (χ0n) is 17.0. The van der Waals surface area contributed by atoms with Crippen molar-refractivity contribution in [2.45, 2.75) is 51.0 Å². The van der Waals surface area contributed by atoms with E-state index in [4.69, 9.17) is 4.74 Å². The summed E-state index contributed by atoms with van der Waals surface area (Å²) in [6.07, 6.45) is 4.04. The first-order valence-corrected chi connectivity index (χ1v) is 10.5. The van der Waals surface area contributed by atoms with Crippen LogP contribution in [0.15, 0.2) is 23.2 Å². The maximum atomic E-state index is 14.7. The van der Waals surface area contributed by atoms with Crippen molar-refractivity contribution in [2.24, 2.45) is 4.99 Å². The first kappa shape index (κ1) is 19.5. The van der Waals surface area contributed by atoms with Gasteiger partial charge >= 0.3 is 0 Å². The fourth-order valence-corrected chi connectivity index (χ4v) is 4.57. The van der Waals surface area contributed by atoms with Crippen molar-refractivity contribution in [3.63, 3.8) is 0 Å². The fraction of sp³-hybridized carbons (Fsp3) is 0.667. The Hall–Kier alpha value is -1.86. The normalized spacial score (nSPS) is 28.0. The SMILES string of the molecule is CCN1CCN(c2ccc(CNC(=NC)NC3CC4CCC3O4)cc2F)CC1. The predicted octanol–water partition coefficient (Wildman–Crippen LogP) is 1.95. The maximum absolute atomic E-state index is 14.7. The zero-order valence-corrected chi connectivity index (χ0v) is 17.0. The highest BCUT2D eigenvalue weighted by Gasteiger charge is 2.41. The molecule has 3 aliphatic rings. The molecule has 3 unspecified atom stereocenters. The molecule has 3 aliphatic heterocycles. The number of anilines is 1. The molecule has 0 spiro atoms. The molecule has 0 amide bonds. The Balaban J connectivity index is 1.30. The molecule has 0 aliphatic carbocycles. The van der Waals surface area contributed by atoms with Crippen LogP contribution in [0.3, 0.4) is 0 Å². The minimum Gasteiger partial charge on any atom is -0.373 e. The van der Waals surface area contributed by atoms with E-state index >= 15 is 0 Å². The second-order valence-electron chi connectivity index (χ2n) is 7.99. The molecule has 2 N–H and O–H groups in total. The largest absolute Gasteiger partial charge is 0.373 e. The van der Waals surface area contributed by atoms with E-state index < -0.39 is 0 Å². The summed E-state index contributed by atoms with van der Waals surface area (Å²) in [6, 6.07) is 5.88. The van der Waals surface area contributed by atoms with E-state index in [2.05, 4.69) is 32.3 Å². The number of guanidine groups is 1. The number of fused-ring (bicyclic) bond motifs is 2. The minimum atomic E-state index is -0.145. The Morgan fingerprint density at radius 2 is 2.07 bits per heavy atom. The topological polar surface area (TPSA) is 52.1 Å². The first-order chi connectivity index (χ1) is 13.7. The van der Waals surface area contributed by atoms with Gasteiger partial charge in [0.15, 0.2) is 5.96 Å². The van der Waals surface area contributed by atoms with E-state index in [9.17, 15) is 4.39 Å². The molecule has 1 aromatic carbocycles. The summed E-state index contributed by atoms with van der Waals surface area (Å²) in [5, 5.41) is 6.77. The Morgan fingerprint density at radius 1 is 1.25 bits per heavy atom.